The zero-order valence-corrected chi connectivity index (χ0v) is 11.6. The third-order valence-electron chi connectivity index (χ3n) is 3.01. The van der Waals surface area contributed by atoms with Gasteiger partial charge in [0.1, 0.15) is 12.2 Å². The van der Waals surface area contributed by atoms with E-state index in [1.807, 2.05) is 0 Å². The summed E-state index contributed by atoms with van der Waals surface area (Å²) < 4.78 is 0. The molecule has 9 nitrogen and oxygen atoms in total. The molecule has 1 heterocycles. The molecule has 0 aliphatic carbocycles. The molecule has 0 aromatic heterocycles. The first-order valence-electron chi connectivity index (χ1n) is 6.30. The van der Waals surface area contributed by atoms with Gasteiger partial charge in [-0.1, -0.05) is 0 Å². The van der Waals surface area contributed by atoms with Crippen molar-refractivity contribution < 1.29 is 39.3 Å². The highest BCUT2D eigenvalue weighted by Gasteiger charge is 2.35. The van der Waals surface area contributed by atoms with Crippen LogP contribution in [0.4, 0.5) is 0 Å². The minimum absolute atomic E-state index is 0.282. The maximum Gasteiger partial charge on any atom is 0.256 e. The van der Waals surface area contributed by atoms with E-state index < -0.39 is 60.4 Å². The van der Waals surface area contributed by atoms with Crippen molar-refractivity contribution in [3.63, 3.8) is 0 Å². The van der Waals surface area contributed by atoms with Gasteiger partial charge < -0.3 is 15.3 Å². The van der Waals surface area contributed by atoms with E-state index in [1.165, 1.54) is 0 Å². The van der Waals surface area contributed by atoms with Crippen molar-refractivity contribution in [3.05, 3.63) is 12.2 Å². The molecule has 2 amide bonds. The topological polar surface area (TPSA) is 149 Å². The second-order valence-electron chi connectivity index (χ2n) is 4.74. The van der Waals surface area contributed by atoms with Crippen molar-refractivity contribution in [1.29, 1.82) is 0 Å². The van der Waals surface area contributed by atoms with Crippen LogP contribution in [-0.2, 0) is 24.0 Å². The number of hydrogen-bond donors (Lipinski definition) is 3. The predicted molar refractivity (Wildman–Crippen MR) is 68.9 cm³/mol. The Morgan fingerprint density at radius 3 is 1.86 bits per heavy atom. The van der Waals surface area contributed by atoms with Crippen LogP contribution >= 0.6 is 0 Å². The highest BCUT2D eigenvalue weighted by molar-refractivity contribution is 6.15. The normalized spacial score (nSPS) is 18.3. The lowest BCUT2D eigenvalue weighted by molar-refractivity contribution is -0.157. The highest BCUT2D eigenvalue weighted by Crippen LogP contribution is 2.11. The Bertz CT molecular complexity index is 534. The average molecular weight is 313 g/mol. The Kier molecular flexibility index (Phi) is 5.80. The third kappa shape index (κ3) is 4.13. The third-order valence-corrected chi connectivity index (χ3v) is 3.01. The standard InChI is InChI=1S/C13H15NO8/c1-6(15)7(16)4-8(17)9(18)5-10(19)13(22)14-11(20)2-3-12(14)21/h2-3,7,9,13,16,18,22H,4-5H2,1H3/t7-,9-,13-/m0/s1. The Labute approximate surface area is 124 Å². The maximum absolute atomic E-state index is 11.7. The van der Waals surface area contributed by atoms with E-state index in [-0.39, 0.29) is 4.90 Å². The molecule has 1 aliphatic heterocycles. The van der Waals surface area contributed by atoms with E-state index in [4.69, 9.17) is 0 Å². The van der Waals surface area contributed by atoms with E-state index in [1.54, 1.807) is 0 Å². The Balaban J connectivity index is 2.60. The van der Waals surface area contributed by atoms with E-state index in [2.05, 4.69) is 0 Å². The van der Waals surface area contributed by atoms with Crippen LogP contribution in [0.3, 0.4) is 0 Å². The van der Waals surface area contributed by atoms with Gasteiger partial charge in [0, 0.05) is 25.0 Å². The summed E-state index contributed by atoms with van der Waals surface area (Å²) in [7, 11) is 0. The number of imide groups is 1. The van der Waals surface area contributed by atoms with Crippen LogP contribution in [0.5, 0.6) is 0 Å². The fourth-order valence-corrected chi connectivity index (χ4v) is 1.68. The molecule has 9 heteroatoms. The Morgan fingerprint density at radius 2 is 1.41 bits per heavy atom. The van der Waals surface area contributed by atoms with Gasteiger partial charge in [0.25, 0.3) is 11.8 Å². The van der Waals surface area contributed by atoms with Crippen LogP contribution in [0.2, 0.25) is 0 Å². The van der Waals surface area contributed by atoms with Crippen LogP contribution in [0.15, 0.2) is 12.2 Å². The smallest absolute Gasteiger partial charge is 0.256 e. The predicted octanol–water partition coefficient (Wildman–Crippen LogP) is -2.54. The number of carbonyl (C=O) groups excluding carboxylic acids is 5. The molecule has 0 bridgehead atoms. The minimum Gasteiger partial charge on any atom is -0.385 e. The summed E-state index contributed by atoms with van der Waals surface area (Å²) >= 11 is 0. The molecular weight excluding hydrogens is 298 g/mol. The van der Waals surface area contributed by atoms with Gasteiger partial charge in [-0.05, 0) is 6.92 Å². The molecule has 3 atom stereocenters. The van der Waals surface area contributed by atoms with Crippen molar-refractivity contribution in [2.24, 2.45) is 0 Å². The summed E-state index contributed by atoms with van der Waals surface area (Å²) in [5.74, 6) is -4.55. The molecule has 120 valence electrons. The van der Waals surface area contributed by atoms with Gasteiger partial charge in [-0.15, -0.1) is 0 Å². The van der Waals surface area contributed by atoms with Gasteiger partial charge in [-0.2, -0.15) is 0 Å². The highest BCUT2D eigenvalue weighted by atomic mass is 16.3. The van der Waals surface area contributed by atoms with Gasteiger partial charge in [0.15, 0.2) is 23.6 Å². The number of rotatable bonds is 8. The zero-order chi connectivity index (χ0) is 17.0. The molecule has 3 N–H and O–H groups in total. The van der Waals surface area contributed by atoms with Crippen LogP contribution < -0.4 is 0 Å². The summed E-state index contributed by atoms with van der Waals surface area (Å²) in [6, 6.07) is 0. The number of nitrogens with zero attached hydrogens (tertiary/aromatic N) is 1. The fourth-order valence-electron chi connectivity index (χ4n) is 1.68. The van der Waals surface area contributed by atoms with Gasteiger partial charge in [0.2, 0.25) is 0 Å². The SMILES string of the molecule is CC(=O)[C@@H](O)CC(=O)[C@@H](O)CC(=O)[C@H](O)N1C(=O)C=CC1=O. The summed E-state index contributed by atoms with van der Waals surface area (Å²) in [5.41, 5.74) is 0. The van der Waals surface area contributed by atoms with Crippen molar-refractivity contribution in [1.82, 2.24) is 4.90 Å². The van der Waals surface area contributed by atoms with Crippen molar-refractivity contribution >= 4 is 29.2 Å². The molecule has 0 fully saturated rings. The lowest BCUT2D eigenvalue weighted by Crippen LogP contribution is -2.46. The summed E-state index contributed by atoms with van der Waals surface area (Å²) in [4.78, 5) is 56.8. The van der Waals surface area contributed by atoms with Crippen LogP contribution in [0, 0.1) is 0 Å². The molecule has 0 aromatic rings. The quantitative estimate of drug-likeness (QED) is 0.415. The number of aliphatic hydroxyl groups is 3. The molecule has 0 saturated heterocycles. The number of aliphatic hydroxyl groups excluding tert-OH is 3. The number of ketones is 3. The molecule has 0 aromatic carbocycles. The van der Waals surface area contributed by atoms with E-state index >= 15 is 0 Å². The van der Waals surface area contributed by atoms with Gasteiger partial charge >= 0.3 is 0 Å². The lowest BCUT2D eigenvalue weighted by Gasteiger charge is -2.20. The Hall–Kier alpha value is -2.23. The average Bonchev–Trinajstić information content (AvgIpc) is 2.76. The molecule has 0 spiro atoms. The van der Waals surface area contributed by atoms with E-state index in [9.17, 15) is 39.3 Å². The molecule has 0 unspecified atom stereocenters. The molecule has 0 saturated carbocycles. The molecule has 1 aliphatic rings. The van der Waals surface area contributed by atoms with Gasteiger partial charge in [0.05, 0.1) is 0 Å². The Morgan fingerprint density at radius 1 is 0.955 bits per heavy atom. The molecule has 1 rings (SSSR count). The monoisotopic (exact) mass is 313 g/mol. The minimum atomic E-state index is -2.12. The summed E-state index contributed by atoms with van der Waals surface area (Å²) in [6.45, 7) is 1.05. The van der Waals surface area contributed by atoms with Crippen molar-refractivity contribution in [3.8, 4) is 0 Å². The zero-order valence-electron chi connectivity index (χ0n) is 11.6. The van der Waals surface area contributed by atoms with Crippen molar-refractivity contribution in [2.75, 3.05) is 0 Å². The molecule has 0 radical (unpaired) electrons. The number of carbonyl (C=O) groups is 5. The van der Waals surface area contributed by atoms with Crippen LogP contribution in [-0.4, -0.2) is 67.8 Å². The number of Topliss-reactive ketones (excluding diaryl/α,β-unsaturated/α-hetero) is 3. The van der Waals surface area contributed by atoms with E-state index in [0.29, 0.717) is 0 Å². The molecular formula is C13H15NO8. The summed E-state index contributed by atoms with van der Waals surface area (Å²) in [6.07, 6.45) is -5.38. The second-order valence-corrected chi connectivity index (χ2v) is 4.74. The fraction of sp³-hybridized carbons (Fsp3) is 0.462. The molecule has 22 heavy (non-hydrogen) atoms. The first-order valence-corrected chi connectivity index (χ1v) is 6.30. The van der Waals surface area contributed by atoms with Gasteiger partial charge in [-0.25, -0.2) is 4.90 Å². The first kappa shape index (κ1) is 17.8. The van der Waals surface area contributed by atoms with Crippen LogP contribution in [0.1, 0.15) is 19.8 Å². The number of hydrogen-bond acceptors (Lipinski definition) is 8. The van der Waals surface area contributed by atoms with Gasteiger partial charge in [-0.3, -0.25) is 24.0 Å². The number of amides is 2. The second kappa shape index (κ2) is 7.16. The van der Waals surface area contributed by atoms with Crippen LogP contribution in [0.25, 0.3) is 0 Å². The largest absolute Gasteiger partial charge is 0.385 e. The maximum atomic E-state index is 11.7. The van der Waals surface area contributed by atoms with Crippen molar-refractivity contribution in [2.45, 2.75) is 38.2 Å². The van der Waals surface area contributed by atoms with E-state index in [0.717, 1.165) is 19.1 Å². The lowest BCUT2D eigenvalue weighted by atomic mass is 10.0. The first-order chi connectivity index (χ1) is 10.1. The summed E-state index contributed by atoms with van der Waals surface area (Å²) in [5, 5.41) is 28.4.